The number of carbonyl (C=O) groups excluding carboxylic acids is 1. The van der Waals surface area contributed by atoms with Gasteiger partial charge in [0.05, 0.1) is 11.9 Å². The fraction of sp³-hybridized carbons (Fsp3) is 0.444. The summed E-state index contributed by atoms with van der Waals surface area (Å²) in [5.74, 6) is 1.66. The fourth-order valence-corrected chi connectivity index (χ4v) is 4.03. The topological polar surface area (TPSA) is 38.1 Å². The SMILES string of the molecule is CCSc1ccccc1C(=O)N1CCC(c2cncn2C)CC1. The Morgan fingerprint density at radius 1 is 1.30 bits per heavy atom. The lowest BCUT2D eigenvalue weighted by Gasteiger charge is -2.32. The maximum atomic E-state index is 12.9. The van der Waals surface area contributed by atoms with E-state index < -0.39 is 0 Å². The van der Waals surface area contributed by atoms with E-state index in [1.54, 1.807) is 11.8 Å². The molecule has 1 amide bonds. The van der Waals surface area contributed by atoms with E-state index in [1.165, 1.54) is 5.69 Å². The van der Waals surface area contributed by atoms with E-state index in [0.717, 1.165) is 42.1 Å². The number of carbonyl (C=O) groups is 1. The first-order valence-corrected chi connectivity index (χ1v) is 9.16. The van der Waals surface area contributed by atoms with Crippen LogP contribution < -0.4 is 0 Å². The zero-order valence-electron chi connectivity index (χ0n) is 13.7. The number of benzene rings is 1. The first-order chi connectivity index (χ1) is 11.2. The molecule has 1 aliphatic rings. The number of amides is 1. The molecule has 1 fully saturated rings. The lowest BCUT2D eigenvalue weighted by Crippen LogP contribution is -2.38. The van der Waals surface area contributed by atoms with Crippen LogP contribution in [0.15, 0.2) is 41.7 Å². The van der Waals surface area contributed by atoms with Crippen molar-refractivity contribution in [3.63, 3.8) is 0 Å². The molecule has 2 heterocycles. The van der Waals surface area contributed by atoms with E-state index in [9.17, 15) is 4.79 Å². The average molecular weight is 329 g/mol. The van der Waals surface area contributed by atoms with Gasteiger partial charge in [0.1, 0.15) is 0 Å². The van der Waals surface area contributed by atoms with Crippen molar-refractivity contribution in [1.29, 1.82) is 0 Å². The van der Waals surface area contributed by atoms with Gasteiger partial charge >= 0.3 is 0 Å². The van der Waals surface area contributed by atoms with Crippen LogP contribution in [0.25, 0.3) is 0 Å². The molecule has 1 saturated heterocycles. The highest BCUT2D eigenvalue weighted by molar-refractivity contribution is 7.99. The molecule has 0 unspecified atom stereocenters. The van der Waals surface area contributed by atoms with Gasteiger partial charge in [-0.3, -0.25) is 4.79 Å². The second-order valence-corrected chi connectivity index (χ2v) is 7.23. The van der Waals surface area contributed by atoms with Crippen LogP contribution in [-0.2, 0) is 7.05 Å². The van der Waals surface area contributed by atoms with Gasteiger partial charge in [0.25, 0.3) is 5.91 Å². The van der Waals surface area contributed by atoms with Gasteiger partial charge in [0.2, 0.25) is 0 Å². The third-order valence-corrected chi connectivity index (χ3v) is 5.43. The summed E-state index contributed by atoms with van der Waals surface area (Å²) in [5.41, 5.74) is 2.12. The smallest absolute Gasteiger partial charge is 0.254 e. The molecule has 23 heavy (non-hydrogen) atoms. The summed E-state index contributed by atoms with van der Waals surface area (Å²) in [5, 5.41) is 0. The summed E-state index contributed by atoms with van der Waals surface area (Å²) >= 11 is 1.74. The standard InChI is InChI=1S/C18H23N3OS/c1-3-23-17-7-5-4-6-15(17)18(22)21-10-8-14(9-11-21)16-12-19-13-20(16)2/h4-7,12-14H,3,8-11H2,1-2H3. The normalized spacial score (nSPS) is 15.8. The molecule has 122 valence electrons. The largest absolute Gasteiger partial charge is 0.339 e. The molecule has 1 aromatic heterocycles. The maximum absolute atomic E-state index is 12.9. The van der Waals surface area contributed by atoms with Crippen LogP contribution in [0.1, 0.15) is 41.7 Å². The highest BCUT2D eigenvalue weighted by atomic mass is 32.2. The first kappa shape index (κ1) is 16.1. The number of aryl methyl sites for hydroxylation is 1. The minimum Gasteiger partial charge on any atom is -0.339 e. The van der Waals surface area contributed by atoms with Gasteiger partial charge in [-0.1, -0.05) is 19.1 Å². The zero-order chi connectivity index (χ0) is 16.2. The van der Waals surface area contributed by atoms with Crippen LogP contribution in [0.2, 0.25) is 0 Å². The number of likely N-dealkylation sites (tertiary alicyclic amines) is 1. The molecule has 2 aromatic rings. The summed E-state index contributed by atoms with van der Waals surface area (Å²) in [4.78, 5) is 20.2. The predicted octanol–water partition coefficient (Wildman–Crippen LogP) is 3.55. The van der Waals surface area contributed by atoms with Crippen molar-refractivity contribution in [2.24, 2.45) is 7.05 Å². The highest BCUT2D eigenvalue weighted by Crippen LogP contribution is 2.29. The number of thioether (sulfide) groups is 1. The van der Waals surface area contributed by atoms with Gasteiger partial charge < -0.3 is 9.47 Å². The Labute approximate surface area is 141 Å². The van der Waals surface area contributed by atoms with Crippen molar-refractivity contribution >= 4 is 17.7 Å². The van der Waals surface area contributed by atoms with Crippen molar-refractivity contribution in [3.05, 3.63) is 48.0 Å². The van der Waals surface area contributed by atoms with Crippen molar-refractivity contribution in [2.75, 3.05) is 18.8 Å². The number of hydrogen-bond donors (Lipinski definition) is 0. The van der Waals surface area contributed by atoms with Gasteiger partial charge in [0.15, 0.2) is 0 Å². The molecule has 0 saturated carbocycles. The molecule has 3 rings (SSSR count). The van der Waals surface area contributed by atoms with Gasteiger partial charge in [0, 0.05) is 42.8 Å². The Bertz CT molecular complexity index is 674. The van der Waals surface area contributed by atoms with Crippen LogP contribution >= 0.6 is 11.8 Å². The quantitative estimate of drug-likeness (QED) is 0.805. The van der Waals surface area contributed by atoms with Crippen LogP contribution in [0.3, 0.4) is 0 Å². The Morgan fingerprint density at radius 3 is 2.70 bits per heavy atom. The maximum Gasteiger partial charge on any atom is 0.254 e. The molecular weight excluding hydrogens is 306 g/mol. The average Bonchev–Trinajstić information content (AvgIpc) is 3.01. The molecular formula is C18H23N3OS. The van der Waals surface area contributed by atoms with Crippen molar-refractivity contribution in [2.45, 2.75) is 30.6 Å². The molecule has 5 heteroatoms. The van der Waals surface area contributed by atoms with Gasteiger partial charge in [-0.05, 0) is 30.7 Å². The van der Waals surface area contributed by atoms with Crippen molar-refractivity contribution in [3.8, 4) is 0 Å². The van der Waals surface area contributed by atoms with Crippen LogP contribution in [0.4, 0.5) is 0 Å². The number of nitrogens with zero attached hydrogens (tertiary/aromatic N) is 3. The molecule has 1 aliphatic heterocycles. The number of aromatic nitrogens is 2. The van der Waals surface area contributed by atoms with Gasteiger partial charge in [-0.15, -0.1) is 11.8 Å². The minimum absolute atomic E-state index is 0.171. The van der Waals surface area contributed by atoms with Crippen LogP contribution in [-0.4, -0.2) is 39.2 Å². The third-order valence-electron chi connectivity index (χ3n) is 4.47. The van der Waals surface area contributed by atoms with Gasteiger partial charge in [-0.25, -0.2) is 4.98 Å². The lowest BCUT2D eigenvalue weighted by atomic mass is 9.93. The Morgan fingerprint density at radius 2 is 2.04 bits per heavy atom. The molecule has 0 bridgehead atoms. The first-order valence-electron chi connectivity index (χ1n) is 8.18. The minimum atomic E-state index is 0.171. The summed E-state index contributed by atoms with van der Waals surface area (Å²) in [6.07, 6.45) is 5.82. The van der Waals surface area contributed by atoms with E-state index in [-0.39, 0.29) is 5.91 Å². The Kier molecular flexibility index (Phi) is 5.06. The predicted molar refractivity (Wildman–Crippen MR) is 93.9 cm³/mol. The fourth-order valence-electron chi connectivity index (χ4n) is 3.23. The molecule has 1 aromatic carbocycles. The van der Waals surface area contributed by atoms with Crippen molar-refractivity contribution in [1.82, 2.24) is 14.5 Å². The van der Waals surface area contributed by atoms with E-state index in [1.807, 2.05) is 48.7 Å². The molecule has 0 aliphatic carbocycles. The Balaban J connectivity index is 1.68. The Hall–Kier alpha value is -1.75. The van der Waals surface area contributed by atoms with E-state index in [0.29, 0.717) is 5.92 Å². The molecule has 0 N–H and O–H groups in total. The second-order valence-electron chi connectivity index (χ2n) is 5.93. The molecule has 0 spiro atoms. The van der Waals surface area contributed by atoms with Gasteiger partial charge in [-0.2, -0.15) is 0 Å². The monoisotopic (exact) mass is 329 g/mol. The second kappa shape index (κ2) is 7.21. The summed E-state index contributed by atoms with van der Waals surface area (Å²) in [7, 11) is 2.04. The number of rotatable bonds is 4. The van der Waals surface area contributed by atoms with E-state index >= 15 is 0 Å². The molecule has 4 nitrogen and oxygen atoms in total. The number of hydrogen-bond acceptors (Lipinski definition) is 3. The summed E-state index contributed by atoms with van der Waals surface area (Å²) < 4.78 is 2.09. The number of imidazole rings is 1. The van der Waals surface area contributed by atoms with E-state index in [4.69, 9.17) is 0 Å². The lowest BCUT2D eigenvalue weighted by molar-refractivity contribution is 0.0708. The zero-order valence-corrected chi connectivity index (χ0v) is 14.6. The summed E-state index contributed by atoms with van der Waals surface area (Å²) in [6.45, 7) is 3.75. The summed E-state index contributed by atoms with van der Waals surface area (Å²) in [6, 6.07) is 7.95. The molecule has 0 atom stereocenters. The number of piperidine rings is 1. The van der Waals surface area contributed by atoms with Crippen LogP contribution in [0, 0.1) is 0 Å². The van der Waals surface area contributed by atoms with Crippen LogP contribution in [0.5, 0.6) is 0 Å². The van der Waals surface area contributed by atoms with E-state index in [2.05, 4.69) is 16.5 Å². The molecule has 0 radical (unpaired) electrons. The highest BCUT2D eigenvalue weighted by Gasteiger charge is 2.26. The third kappa shape index (κ3) is 3.44. The van der Waals surface area contributed by atoms with Crippen molar-refractivity contribution < 1.29 is 4.79 Å².